The fraction of sp³-hybridized carbons (Fsp3) is 0.393. The maximum atomic E-state index is 6.63. The van der Waals surface area contributed by atoms with Crippen molar-refractivity contribution in [3.63, 3.8) is 0 Å². The number of benzene rings is 2. The molecule has 0 N–H and O–H groups in total. The third-order valence-corrected chi connectivity index (χ3v) is 7.36. The van der Waals surface area contributed by atoms with Crippen LogP contribution in [-0.2, 0) is 17.9 Å². The molecule has 2 nitrogen and oxygen atoms in total. The Bertz CT molecular complexity index is 1320. The number of fused-ring (bicyclic) bond motifs is 5. The Morgan fingerprint density at radius 2 is 1.57 bits per heavy atom. The van der Waals surface area contributed by atoms with Crippen molar-refractivity contribution in [2.45, 2.75) is 65.2 Å². The predicted molar refractivity (Wildman–Crippen MR) is 125 cm³/mol. The van der Waals surface area contributed by atoms with Crippen LogP contribution in [0.2, 0.25) is 0 Å². The largest absolute Gasteiger partial charge is 0.455 e. The molecule has 154 valence electrons. The van der Waals surface area contributed by atoms with Crippen molar-refractivity contribution in [3.8, 4) is 11.3 Å². The molecule has 1 aliphatic rings. The van der Waals surface area contributed by atoms with Gasteiger partial charge in [0.15, 0.2) is 6.20 Å². The zero-order chi connectivity index (χ0) is 21.4. The molecule has 0 radical (unpaired) electrons. The summed E-state index contributed by atoms with van der Waals surface area (Å²) in [7, 11) is 2.14. The first-order chi connectivity index (χ1) is 14.1. The molecule has 0 fully saturated rings. The topological polar surface area (TPSA) is 17.0 Å². The summed E-state index contributed by atoms with van der Waals surface area (Å²) in [6, 6.07) is 13.0. The summed E-state index contributed by atoms with van der Waals surface area (Å²) >= 11 is 0. The number of aromatic nitrogens is 1. The highest BCUT2D eigenvalue weighted by Gasteiger charge is 2.42. The lowest BCUT2D eigenvalue weighted by atomic mass is 9.60. The Hall–Kier alpha value is -2.61. The van der Waals surface area contributed by atoms with Crippen LogP contribution in [0.3, 0.4) is 0 Å². The Morgan fingerprint density at radius 3 is 2.30 bits per heavy atom. The maximum Gasteiger partial charge on any atom is 0.216 e. The van der Waals surface area contributed by atoms with Gasteiger partial charge in [-0.2, -0.15) is 0 Å². The minimum Gasteiger partial charge on any atom is -0.455 e. The quantitative estimate of drug-likeness (QED) is 0.314. The molecule has 2 aromatic carbocycles. The third-order valence-electron chi connectivity index (χ3n) is 7.36. The van der Waals surface area contributed by atoms with E-state index < -0.39 is 0 Å². The molecule has 0 bridgehead atoms. The van der Waals surface area contributed by atoms with Gasteiger partial charge >= 0.3 is 0 Å². The molecule has 5 rings (SSSR count). The minimum atomic E-state index is 0.119. The first-order valence-electron chi connectivity index (χ1n) is 11.1. The Labute approximate surface area is 179 Å². The van der Waals surface area contributed by atoms with Crippen molar-refractivity contribution in [1.29, 1.82) is 0 Å². The molecule has 0 unspecified atom stereocenters. The number of para-hydroxylation sites is 1. The van der Waals surface area contributed by atoms with Crippen LogP contribution in [0, 0.1) is 13.8 Å². The second kappa shape index (κ2) is 6.20. The Kier molecular flexibility index (Phi) is 4.00. The predicted octanol–water partition coefficient (Wildman–Crippen LogP) is 7.04. The van der Waals surface area contributed by atoms with Gasteiger partial charge in [-0.05, 0) is 65.8 Å². The fourth-order valence-corrected chi connectivity index (χ4v) is 5.71. The molecular formula is C28H32NO+. The lowest BCUT2D eigenvalue weighted by Crippen LogP contribution is -2.36. The van der Waals surface area contributed by atoms with E-state index in [4.69, 9.17) is 4.42 Å². The van der Waals surface area contributed by atoms with E-state index in [-0.39, 0.29) is 10.8 Å². The smallest absolute Gasteiger partial charge is 0.216 e. The lowest BCUT2D eigenvalue weighted by Gasteiger charge is -2.43. The minimum absolute atomic E-state index is 0.119. The van der Waals surface area contributed by atoms with E-state index in [1.54, 1.807) is 0 Å². The van der Waals surface area contributed by atoms with E-state index in [0.29, 0.717) is 0 Å². The van der Waals surface area contributed by atoms with Gasteiger partial charge in [0.2, 0.25) is 5.69 Å². The third kappa shape index (κ3) is 2.59. The second-order valence-corrected chi connectivity index (χ2v) is 10.5. The molecule has 2 aromatic heterocycles. The van der Waals surface area contributed by atoms with Gasteiger partial charge in [0.05, 0.1) is 5.56 Å². The zero-order valence-electron chi connectivity index (χ0n) is 19.3. The number of hydrogen-bond donors (Lipinski definition) is 0. The first kappa shape index (κ1) is 19.4. The number of hydrogen-bond acceptors (Lipinski definition) is 1. The van der Waals surface area contributed by atoms with Gasteiger partial charge in [-0.25, -0.2) is 4.57 Å². The molecule has 4 aromatic rings. The molecule has 0 aliphatic heterocycles. The summed E-state index contributed by atoms with van der Waals surface area (Å²) in [5, 5.41) is 2.56. The molecule has 2 heteroatoms. The molecule has 0 amide bonds. The van der Waals surface area contributed by atoms with Crippen LogP contribution in [0.25, 0.3) is 33.2 Å². The first-order valence-corrected chi connectivity index (χ1v) is 11.1. The van der Waals surface area contributed by atoms with Gasteiger partial charge in [-0.3, -0.25) is 0 Å². The molecule has 0 atom stereocenters. The zero-order valence-corrected chi connectivity index (χ0v) is 19.3. The molecule has 0 saturated heterocycles. The molecule has 2 heterocycles. The number of rotatable bonds is 1. The Balaban J connectivity index is 2.08. The number of furan rings is 1. The van der Waals surface area contributed by atoms with Gasteiger partial charge in [0.25, 0.3) is 0 Å². The SMILES string of the molecule is Cc1cc[n+](C)c(-c2c(C)c3c(c4c2oc2ccccc24)C(C)(C)CCC3(C)C)c1. The van der Waals surface area contributed by atoms with E-state index >= 15 is 0 Å². The van der Waals surface area contributed by atoms with Crippen LogP contribution in [0.15, 0.2) is 47.0 Å². The van der Waals surface area contributed by atoms with E-state index in [1.807, 2.05) is 0 Å². The molecule has 30 heavy (non-hydrogen) atoms. The standard InChI is InChI=1S/C28H32NO/c1-17-12-15-29(7)20(16-17)22-18(2)24-25(28(5,6)14-13-27(24,3)4)23-19-10-8-9-11-21(19)30-26(22)23/h8-12,15-16H,13-14H2,1-7H3/q+1. The van der Waals surface area contributed by atoms with Crippen molar-refractivity contribution in [2.75, 3.05) is 0 Å². The highest BCUT2D eigenvalue weighted by Crippen LogP contribution is 2.54. The molecule has 0 spiro atoms. The van der Waals surface area contributed by atoms with Crippen molar-refractivity contribution in [3.05, 3.63) is 64.8 Å². The van der Waals surface area contributed by atoms with Gasteiger partial charge in [-0.15, -0.1) is 0 Å². The van der Waals surface area contributed by atoms with Crippen LogP contribution >= 0.6 is 0 Å². The van der Waals surface area contributed by atoms with E-state index in [2.05, 4.69) is 95.8 Å². The number of pyridine rings is 1. The van der Waals surface area contributed by atoms with E-state index in [0.717, 1.165) is 11.2 Å². The normalized spacial score (nSPS) is 17.4. The number of nitrogens with zero attached hydrogens (tertiary/aromatic N) is 1. The van der Waals surface area contributed by atoms with Gasteiger partial charge in [0.1, 0.15) is 18.2 Å². The van der Waals surface area contributed by atoms with Crippen LogP contribution in [0.5, 0.6) is 0 Å². The summed E-state index contributed by atoms with van der Waals surface area (Å²) in [5.41, 5.74) is 10.4. The highest BCUT2D eigenvalue weighted by atomic mass is 16.3. The Morgan fingerprint density at radius 1 is 0.900 bits per heavy atom. The van der Waals surface area contributed by atoms with Gasteiger partial charge in [0, 0.05) is 22.9 Å². The van der Waals surface area contributed by atoms with Crippen LogP contribution < -0.4 is 4.57 Å². The summed E-state index contributed by atoms with van der Waals surface area (Å²) < 4.78 is 8.86. The van der Waals surface area contributed by atoms with Crippen molar-refractivity contribution >= 4 is 21.9 Å². The molecule has 1 aliphatic carbocycles. The monoisotopic (exact) mass is 398 g/mol. The molecular weight excluding hydrogens is 366 g/mol. The second-order valence-electron chi connectivity index (χ2n) is 10.5. The van der Waals surface area contributed by atoms with Gasteiger partial charge in [-0.1, -0.05) is 45.9 Å². The van der Waals surface area contributed by atoms with Crippen molar-refractivity contribution in [1.82, 2.24) is 0 Å². The lowest BCUT2D eigenvalue weighted by molar-refractivity contribution is -0.660. The van der Waals surface area contributed by atoms with Crippen LogP contribution in [0.4, 0.5) is 0 Å². The summed E-state index contributed by atoms with van der Waals surface area (Å²) in [4.78, 5) is 0. The molecule has 0 saturated carbocycles. The van der Waals surface area contributed by atoms with Crippen molar-refractivity contribution < 1.29 is 8.98 Å². The van der Waals surface area contributed by atoms with E-state index in [1.165, 1.54) is 57.1 Å². The van der Waals surface area contributed by atoms with E-state index in [9.17, 15) is 0 Å². The summed E-state index contributed by atoms with van der Waals surface area (Å²) in [6.07, 6.45) is 4.56. The maximum absolute atomic E-state index is 6.63. The average Bonchev–Trinajstić information content (AvgIpc) is 3.06. The van der Waals surface area contributed by atoms with Crippen LogP contribution in [-0.4, -0.2) is 0 Å². The van der Waals surface area contributed by atoms with Crippen molar-refractivity contribution in [2.24, 2.45) is 7.05 Å². The fourth-order valence-electron chi connectivity index (χ4n) is 5.71. The highest BCUT2D eigenvalue weighted by molar-refractivity contribution is 6.12. The summed E-state index contributed by atoms with van der Waals surface area (Å²) in [6.45, 7) is 14.1. The van der Waals surface area contributed by atoms with Crippen LogP contribution in [0.1, 0.15) is 62.8 Å². The summed E-state index contributed by atoms with van der Waals surface area (Å²) in [5.74, 6) is 0. The average molecular weight is 399 g/mol. The van der Waals surface area contributed by atoms with Gasteiger partial charge < -0.3 is 4.42 Å². The number of aryl methyl sites for hydroxylation is 2.